The van der Waals surface area contributed by atoms with Gasteiger partial charge in [-0.25, -0.2) is 14.6 Å². The lowest BCUT2D eigenvalue weighted by Crippen LogP contribution is -2.24. The number of aryl methyl sites for hydroxylation is 2. The van der Waals surface area contributed by atoms with Crippen LogP contribution < -0.4 is 10.3 Å². The van der Waals surface area contributed by atoms with E-state index in [1.807, 2.05) is 18.5 Å². The minimum atomic E-state index is 0.820. The minimum Gasteiger partial charge on any atom is -0.341 e. The summed E-state index contributed by atoms with van der Waals surface area (Å²) in [6.45, 7) is 6.03. The van der Waals surface area contributed by atoms with Gasteiger partial charge in [0.05, 0.1) is 5.69 Å². The smallest absolute Gasteiger partial charge is 0.226 e. The zero-order chi connectivity index (χ0) is 13.7. The topological polar surface area (TPSA) is 71.8 Å². The summed E-state index contributed by atoms with van der Waals surface area (Å²) in [5, 5.41) is 9.98. The average Bonchev–Trinajstić information content (AvgIpc) is 3.08. The summed E-state index contributed by atoms with van der Waals surface area (Å²) in [7, 11) is 0. The van der Waals surface area contributed by atoms with Crippen molar-refractivity contribution in [2.75, 3.05) is 23.4 Å². The van der Waals surface area contributed by atoms with Crippen molar-refractivity contribution < 1.29 is 0 Å². The fraction of sp³-hybridized carbons (Fsp3) is 0.500. The fourth-order valence-corrected chi connectivity index (χ4v) is 3.48. The van der Waals surface area contributed by atoms with Gasteiger partial charge < -0.3 is 4.90 Å². The lowest BCUT2D eigenvalue weighted by Gasteiger charge is -2.23. The van der Waals surface area contributed by atoms with Crippen LogP contribution in [0.25, 0.3) is 0 Å². The van der Waals surface area contributed by atoms with Crippen molar-refractivity contribution in [3.8, 4) is 0 Å². The number of nitrogens with zero attached hydrogens (tertiary/aromatic N) is 6. The van der Waals surface area contributed by atoms with Crippen molar-refractivity contribution in [3.63, 3.8) is 0 Å². The van der Waals surface area contributed by atoms with Crippen molar-refractivity contribution >= 4 is 23.4 Å². The highest BCUT2D eigenvalue weighted by Gasteiger charge is 2.25. The van der Waals surface area contributed by atoms with Gasteiger partial charge in [0.2, 0.25) is 11.1 Å². The summed E-state index contributed by atoms with van der Waals surface area (Å²) in [4.78, 5) is 11.6. The highest BCUT2D eigenvalue weighted by molar-refractivity contribution is 7.99. The summed E-state index contributed by atoms with van der Waals surface area (Å²) in [5.41, 5.74) is 5.22. The molecule has 4 rings (SSSR count). The number of rotatable bonds is 1. The lowest BCUT2D eigenvalue weighted by molar-refractivity contribution is 0.762. The molecule has 20 heavy (non-hydrogen) atoms. The molecule has 0 bridgehead atoms. The van der Waals surface area contributed by atoms with Crippen LogP contribution in [0.15, 0.2) is 10.2 Å². The summed E-state index contributed by atoms with van der Waals surface area (Å²) < 4.78 is 1.87. The van der Waals surface area contributed by atoms with Gasteiger partial charge in [0.1, 0.15) is 16.5 Å². The van der Waals surface area contributed by atoms with E-state index in [1.54, 1.807) is 0 Å². The molecule has 1 fully saturated rings. The van der Waals surface area contributed by atoms with Crippen LogP contribution >= 0.6 is 11.8 Å². The number of hydrogen-bond donors (Lipinski definition) is 1. The summed E-state index contributed by atoms with van der Waals surface area (Å²) >= 11 is 1.54. The summed E-state index contributed by atoms with van der Waals surface area (Å²) in [5.74, 6) is 1.67. The minimum absolute atomic E-state index is 0.820. The molecular formula is C12H15N7S. The molecule has 0 saturated carbocycles. The Kier molecular flexibility index (Phi) is 2.59. The van der Waals surface area contributed by atoms with Crippen LogP contribution in [0.5, 0.6) is 0 Å². The molecule has 0 unspecified atom stereocenters. The molecule has 1 N–H and O–H groups in total. The summed E-state index contributed by atoms with van der Waals surface area (Å²) in [6, 6.07) is 0. The monoisotopic (exact) mass is 289 g/mol. The lowest BCUT2D eigenvalue weighted by atomic mass is 10.4. The maximum atomic E-state index is 4.70. The Morgan fingerprint density at radius 3 is 2.70 bits per heavy atom. The Morgan fingerprint density at radius 1 is 1.10 bits per heavy atom. The van der Waals surface area contributed by atoms with E-state index in [-0.39, 0.29) is 0 Å². The molecule has 0 aromatic carbocycles. The van der Waals surface area contributed by atoms with Gasteiger partial charge in [-0.05, 0) is 38.5 Å². The van der Waals surface area contributed by atoms with Crippen LogP contribution in [0, 0.1) is 13.8 Å². The molecule has 0 aliphatic carbocycles. The van der Waals surface area contributed by atoms with E-state index in [0.717, 1.165) is 46.4 Å². The average molecular weight is 289 g/mol. The zero-order valence-electron chi connectivity index (χ0n) is 11.4. The van der Waals surface area contributed by atoms with Gasteiger partial charge >= 0.3 is 0 Å². The third-order valence-electron chi connectivity index (χ3n) is 3.64. The van der Waals surface area contributed by atoms with Crippen LogP contribution in [-0.2, 0) is 0 Å². The van der Waals surface area contributed by atoms with Crippen molar-refractivity contribution in [1.82, 2.24) is 24.8 Å². The zero-order valence-corrected chi connectivity index (χ0v) is 12.2. The maximum Gasteiger partial charge on any atom is 0.226 e. The van der Waals surface area contributed by atoms with Crippen LogP contribution in [0.1, 0.15) is 24.4 Å². The van der Waals surface area contributed by atoms with Crippen molar-refractivity contribution in [2.45, 2.75) is 36.9 Å². The van der Waals surface area contributed by atoms with Gasteiger partial charge in [0.25, 0.3) is 0 Å². The largest absolute Gasteiger partial charge is 0.341 e. The third kappa shape index (κ3) is 1.75. The Balaban J connectivity index is 1.76. The first-order valence-corrected chi connectivity index (χ1v) is 7.54. The van der Waals surface area contributed by atoms with Gasteiger partial charge in [0.15, 0.2) is 0 Å². The number of aromatic nitrogens is 5. The van der Waals surface area contributed by atoms with Gasteiger partial charge in [-0.2, -0.15) is 0 Å². The van der Waals surface area contributed by atoms with E-state index >= 15 is 0 Å². The predicted octanol–water partition coefficient (Wildman–Crippen LogP) is 1.62. The molecule has 2 aromatic heterocycles. The van der Waals surface area contributed by atoms with E-state index < -0.39 is 0 Å². The molecule has 2 aliphatic heterocycles. The third-order valence-corrected chi connectivity index (χ3v) is 4.58. The van der Waals surface area contributed by atoms with Gasteiger partial charge in [0, 0.05) is 13.1 Å². The highest BCUT2D eigenvalue weighted by Crippen LogP contribution is 2.38. The highest BCUT2D eigenvalue weighted by atomic mass is 32.2. The maximum absolute atomic E-state index is 4.70. The molecule has 1 saturated heterocycles. The Morgan fingerprint density at radius 2 is 1.90 bits per heavy atom. The second kappa shape index (κ2) is 4.34. The van der Waals surface area contributed by atoms with E-state index in [1.165, 1.54) is 24.6 Å². The Hall–Kier alpha value is -1.83. The van der Waals surface area contributed by atoms with Gasteiger partial charge in [-0.1, -0.05) is 0 Å². The van der Waals surface area contributed by atoms with Crippen molar-refractivity contribution in [2.24, 2.45) is 0 Å². The first-order valence-electron chi connectivity index (χ1n) is 6.73. The molecule has 0 spiro atoms. The number of anilines is 2. The Bertz CT molecular complexity index is 675. The van der Waals surface area contributed by atoms with Crippen molar-refractivity contribution in [3.05, 3.63) is 11.5 Å². The molecule has 7 nitrogen and oxygen atoms in total. The van der Waals surface area contributed by atoms with Crippen LogP contribution in [0.2, 0.25) is 0 Å². The summed E-state index contributed by atoms with van der Waals surface area (Å²) in [6.07, 6.45) is 2.44. The molecular weight excluding hydrogens is 274 g/mol. The predicted molar refractivity (Wildman–Crippen MR) is 76.1 cm³/mol. The standard InChI is InChI=1S/C12H15N7S/c1-7-9-10(14-11(13-7)18-5-3-4-6-18)20-12-16-15-8(2)19(12)17-9/h17H,3-6H2,1-2H3. The van der Waals surface area contributed by atoms with Crippen LogP contribution in [-0.4, -0.2) is 37.9 Å². The molecule has 2 aliphatic rings. The molecule has 0 radical (unpaired) electrons. The quantitative estimate of drug-likeness (QED) is 0.682. The first-order chi connectivity index (χ1) is 9.72. The van der Waals surface area contributed by atoms with Crippen molar-refractivity contribution in [1.29, 1.82) is 0 Å². The van der Waals surface area contributed by atoms with Crippen LogP contribution in [0.3, 0.4) is 0 Å². The molecule has 0 amide bonds. The molecule has 8 heteroatoms. The Labute approximate surface area is 120 Å². The molecule has 104 valence electrons. The van der Waals surface area contributed by atoms with E-state index in [9.17, 15) is 0 Å². The van der Waals surface area contributed by atoms with E-state index in [4.69, 9.17) is 4.98 Å². The van der Waals surface area contributed by atoms with Gasteiger partial charge in [-0.15, -0.1) is 10.2 Å². The van der Waals surface area contributed by atoms with E-state index in [0.29, 0.717) is 0 Å². The molecule has 4 heterocycles. The van der Waals surface area contributed by atoms with E-state index in [2.05, 4.69) is 25.5 Å². The SMILES string of the molecule is Cc1nc(N2CCCC2)nc2c1Nn1c(C)nnc1S2. The van der Waals surface area contributed by atoms with Gasteiger partial charge in [-0.3, -0.25) is 5.43 Å². The number of nitrogens with one attached hydrogen (secondary N) is 1. The second-order valence-electron chi connectivity index (χ2n) is 5.06. The molecule has 0 atom stereocenters. The number of hydrogen-bond acceptors (Lipinski definition) is 7. The fourth-order valence-electron chi connectivity index (χ4n) is 2.53. The normalized spacial score (nSPS) is 16.8. The number of fused-ring (bicyclic) bond motifs is 2. The van der Waals surface area contributed by atoms with Crippen LogP contribution in [0.4, 0.5) is 11.6 Å². The second-order valence-corrected chi connectivity index (χ2v) is 6.02. The first kappa shape index (κ1) is 12.0. The molecule has 2 aromatic rings.